The summed E-state index contributed by atoms with van der Waals surface area (Å²) in [5.74, 6) is -0.476. The number of aromatic carboxylic acids is 1. The molecule has 8 heteroatoms. The highest BCUT2D eigenvalue weighted by Crippen LogP contribution is 2.28. The number of carboxylic acid groups (broad SMARTS) is 1. The van der Waals surface area contributed by atoms with Crippen LogP contribution in [-0.2, 0) is 11.2 Å². The first kappa shape index (κ1) is 26.5. The maximum absolute atomic E-state index is 13.2. The van der Waals surface area contributed by atoms with Gasteiger partial charge in [0.15, 0.2) is 0 Å². The number of para-hydroxylation sites is 1. The fourth-order valence-corrected chi connectivity index (χ4v) is 4.48. The predicted molar refractivity (Wildman–Crippen MR) is 148 cm³/mol. The molecule has 0 aliphatic carbocycles. The van der Waals surface area contributed by atoms with Gasteiger partial charge in [0.05, 0.1) is 30.8 Å². The molecule has 1 aliphatic rings. The van der Waals surface area contributed by atoms with Crippen molar-refractivity contribution in [1.29, 1.82) is 0 Å². The number of nitrogens with zero attached hydrogens (tertiary/aromatic N) is 1. The number of benzene rings is 3. The van der Waals surface area contributed by atoms with E-state index in [4.69, 9.17) is 9.84 Å². The van der Waals surface area contributed by atoms with E-state index in [1.54, 1.807) is 36.4 Å². The minimum Gasteiger partial charge on any atom is -0.495 e. The van der Waals surface area contributed by atoms with Crippen LogP contribution in [0.25, 0.3) is 6.08 Å². The fourth-order valence-electron chi connectivity index (χ4n) is 4.48. The van der Waals surface area contributed by atoms with Gasteiger partial charge in [0.1, 0.15) is 5.75 Å². The third-order valence-corrected chi connectivity index (χ3v) is 6.55. The molecule has 0 saturated carbocycles. The molecule has 3 N–H and O–H groups in total. The average molecular weight is 514 g/mol. The Kier molecular flexibility index (Phi) is 8.43. The van der Waals surface area contributed by atoms with Gasteiger partial charge in [-0.1, -0.05) is 48.6 Å². The van der Waals surface area contributed by atoms with E-state index in [9.17, 15) is 14.4 Å². The van der Waals surface area contributed by atoms with Crippen LogP contribution in [0.1, 0.15) is 39.9 Å². The molecule has 1 atom stereocenters. The second-order valence-electron chi connectivity index (χ2n) is 9.19. The summed E-state index contributed by atoms with van der Waals surface area (Å²) in [6, 6.07) is 19.1. The Morgan fingerprint density at radius 1 is 1.03 bits per heavy atom. The number of anilines is 2. The van der Waals surface area contributed by atoms with E-state index in [0.29, 0.717) is 18.0 Å². The van der Waals surface area contributed by atoms with Gasteiger partial charge in [-0.25, -0.2) is 9.59 Å². The van der Waals surface area contributed by atoms with Crippen molar-refractivity contribution >= 4 is 35.4 Å². The van der Waals surface area contributed by atoms with Crippen molar-refractivity contribution in [3.05, 3.63) is 95.1 Å². The highest BCUT2D eigenvalue weighted by molar-refractivity contribution is 6.01. The third kappa shape index (κ3) is 6.59. The smallest absolute Gasteiger partial charge is 0.335 e. The number of ether oxygens (including phenoxy) is 1. The molecule has 0 radical (unpaired) electrons. The minimum absolute atomic E-state index is 0.0124. The van der Waals surface area contributed by atoms with E-state index in [-0.39, 0.29) is 30.0 Å². The van der Waals surface area contributed by atoms with Gasteiger partial charge >= 0.3 is 12.0 Å². The largest absolute Gasteiger partial charge is 0.495 e. The molecule has 0 bridgehead atoms. The highest BCUT2D eigenvalue weighted by atomic mass is 16.5. The Labute approximate surface area is 221 Å². The quantitative estimate of drug-likeness (QED) is 0.364. The van der Waals surface area contributed by atoms with Crippen molar-refractivity contribution < 1.29 is 24.2 Å². The minimum atomic E-state index is -0.959. The van der Waals surface area contributed by atoms with Crippen LogP contribution in [0, 0.1) is 6.92 Å². The summed E-state index contributed by atoms with van der Waals surface area (Å²) >= 11 is 0. The van der Waals surface area contributed by atoms with Gasteiger partial charge in [-0.15, -0.1) is 0 Å². The van der Waals surface area contributed by atoms with Crippen LogP contribution in [0.2, 0.25) is 0 Å². The Balaban J connectivity index is 1.38. The van der Waals surface area contributed by atoms with E-state index in [2.05, 4.69) is 10.6 Å². The van der Waals surface area contributed by atoms with Crippen LogP contribution in [0.3, 0.4) is 0 Å². The van der Waals surface area contributed by atoms with Crippen LogP contribution in [-0.4, -0.2) is 47.6 Å². The fraction of sp³-hybridized carbons (Fsp3) is 0.233. The number of nitrogens with one attached hydrogen (secondary N) is 2. The number of amides is 3. The van der Waals surface area contributed by atoms with Gasteiger partial charge in [0, 0.05) is 12.2 Å². The zero-order valence-electron chi connectivity index (χ0n) is 21.4. The topological polar surface area (TPSA) is 108 Å². The van der Waals surface area contributed by atoms with Crippen molar-refractivity contribution in [2.45, 2.75) is 32.2 Å². The van der Waals surface area contributed by atoms with Crippen LogP contribution in [0.5, 0.6) is 5.75 Å². The van der Waals surface area contributed by atoms with Crippen LogP contribution >= 0.6 is 0 Å². The molecule has 1 aliphatic heterocycles. The lowest BCUT2D eigenvalue weighted by molar-refractivity contribution is -0.130. The third-order valence-electron chi connectivity index (χ3n) is 6.55. The Bertz CT molecular complexity index is 1350. The van der Waals surface area contributed by atoms with E-state index < -0.39 is 5.97 Å². The zero-order chi connectivity index (χ0) is 27.1. The lowest BCUT2D eigenvalue weighted by Crippen LogP contribution is -2.35. The summed E-state index contributed by atoms with van der Waals surface area (Å²) in [6.07, 6.45) is 5.93. The molecule has 1 fully saturated rings. The molecule has 3 aromatic rings. The standard InChI is InChI=1S/C30H31N3O5/c1-20-6-3-4-8-25(20)31-30(37)32-26-16-12-22(18-27(26)38-2)19-28(34)33-17-5-7-24(33)15-11-21-9-13-23(14-10-21)29(35)36/h3-4,6,8-16,18,24H,5,7,17,19H2,1-2H3,(H,35,36)(H2,31,32,37)/b15-11+/t24-/m0/s1. The van der Waals surface area contributed by atoms with Gasteiger partial charge in [-0.3, -0.25) is 4.79 Å². The lowest BCUT2D eigenvalue weighted by atomic mass is 10.1. The molecule has 196 valence electrons. The van der Waals surface area contributed by atoms with Gasteiger partial charge in [0.25, 0.3) is 0 Å². The molecular weight excluding hydrogens is 482 g/mol. The molecule has 1 heterocycles. The second-order valence-corrected chi connectivity index (χ2v) is 9.19. The number of carboxylic acids is 1. The summed E-state index contributed by atoms with van der Waals surface area (Å²) in [7, 11) is 1.52. The molecule has 38 heavy (non-hydrogen) atoms. The van der Waals surface area contributed by atoms with Crippen LogP contribution in [0.4, 0.5) is 16.2 Å². The van der Waals surface area contributed by atoms with Crippen LogP contribution in [0.15, 0.2) is 72.8 Å². The second kappa shape index (κ2) is 12.1. The van der Waals surface area contributed by atoms with Crippen molar-refractivity contribution in [1.82, 2.24) is 4.90 Å². The first-order valence-corrected chi connectivity index (χ1v) is 12.5. The molecule has 8 nitrogen and oxygen atoms in total. The van der Waals surface area contributed by atoms with Crippen molar-refractivity contribution in [2.75, 3.05) is 24.3 Å². The van der Waals surface area contributed by atoms with E-state index in [1.807, 2.05) is 54.3 Å². The van der Waals surface area contributed by atoms with E-state index in [0.717, 1.165) is 35.2 Å². The number of methoxy groups -OCH3 is 1. The Morgan fingerprint density at radius 2 is 1.76 bits per heavy atom. The normalized spacial score (nSPS) is 14.9. The number of aryl methyl sites for hydroxylation is 1. The monoisotopic (exact) mass is 513 g/mol. The summed E-state index contributed by atoms with van der Waals surface area (Å²) < 4.78 is 5.48. The Morgan fingerprint density at radius 3 is 2.47 bits per heavy atom. The summed E-state index contributed by atoms with van der Waals surface area (Å²) in [5.41, 5.74) is 4.09. The van der Waals surface area contributed by atoms with E-state index in [1.165, 1.54) is 7.11 Å². The van der Waals surface area contributed by atoms with Crippen molar-refractivity contribution in [3.63, 3.8) is 0 Å². The van der Waals surface area contributed by atoms with E-state index >= 15 is 0 Å². The predicted octanol–water partition coefficient (Wildman–Crippen LogP) is 5.59. The number of likely N-dealkylation sites (tertiary alicyclic amines) is 1. The molecule has 4 rings (SSSR count). The number of urea groups is 1. The molecule has 0 spiro atoms. The number of hydrogen-bond acceptors (Lipinski definition) is 4. The van der Waals surface area contributed by atoms with Crippen molar-refractivity contribution in [2.24, 2.45) is 0 Å². The number of carbonyl (C=O) groups is 3. The molecule has 3 amide bonds. The molecule has 1 saturated heterocycles. The molecule has 0 aromatic heterocycles. The van der Waals surface area contributed by atoms with Gasteiger partial charge in [-0.2, -0.15) is 0 Å². The number of carbonyl (C=O) groups excluding carboxylic acids is 2. The molecule has 3 aromatic carbocycles. The summed E-state index contributed by atoms with van der Waals surface area (Å²) in [5, 5.41) is 14.7. The average Bonchev–Trinajstić information content (AvgIpc) is 3.39. The lowest BCUT2D eigenvalue weighted by Gasteiger charge is -2.22. The first-order valence-electron chi connectivity index (χ1n) is 12.5. The van der Waals surface area contributed by atoms with Gasteiger partial charge < -0.3 is 25.4 Å². The summed E-state index contributed by atoms with van der Waals surface area (Å²) in [4.78, 5) is 38.6. The number of hydrogen-bond donors (Lipinski definition) is 3. The maximum Gasteiger partial charge on any atom is 0.335 e. The summed E-state index contributed by atoms with van der Waals surface area (Å²) in [6.45, 7) is 2.60. The SMILES string of the molecule is COc1cc(CC(=O)N2CCC[C@H]2/C=C/c2ccc(C(=O)O)cc2)ccc1NC(=O)Nc1ccccc1C. The number of rotatable bonds is 8. The van der Waals surface area contributed by atoms with Crippen LogP contribution < -0.4 is 15.4 Å². The van der Waals surface area contributed by atoms with Gasteiger partial charge in [0.2, 0.25) is 5.91 Å². The molecule has 0 unspecified atom stereocenters. The first-order chi connectivity index (χ1) is 18.3. The van der Waals surface area contributed by atoms with Crippen molar-refractivity contribution in [3.8, 4) is 5.75 Å². The zero-order valence-corrected chi connectivity index (χ0v) is 21.4. The maximum atomic E-state index is 13.2. The molecular formula is C30H31N3O5. The van der Waals surface area contributed by atoms with Gasteiger partial charge in [-0.05, 0) is 66.8 Å². The highest BCUT2D eigenvalue weighted by Gasteiger charge is 2.27. The Hall–Kier alpha value is -4.59.